The highest BCUT2D eigenvalue weighted by Gasteiger charge is 2.15. The minimum Gasteiger partial charge on any atom is -0.483 e. The molecule has 0 saturated heterocycles. The minimum atomic E-state index is -0.318. The number of hydrogen-bond donors (Lipinski definition) is 1. The van der Waals surface area contributed by atoms with E-state index in [1.165, 1.54) is 5.56 Å². The lowest BCUT2D eigenvalue weighted by Crippen LogP contribution is -2.25. The van der Waals surface area contributed by atoms with Crippen LogP contribution in [0.5, 0.6) is 5.75 Å². The van der Waals surface area contributed by atoms with Gasteiger partial charge < -0.3 is 9.15 Å². The zero-order chi connectivity index (χ0) is 18.6. The molecule has 0 atom stereocenters. The first kappa shape index (κ1) is 18.8. The normalized spacial score (nSPS) is 12.2. The molecule has 0 fully saturated rings. The smallest absolute Gasteiger partial charge is 0.277 e. The summed E-state index contributed by atoms with van der Waals surface area (Å²) < 4.78 is 11.1. The van der Waals surface area contributed by atoms with Crippen LogP contribution in [0.1, 0.15) is 50.3 Å². The third-order valence-electron chi connectivity index (χ3n) is 3.84. The zero-order valence-corrected chi connectivity index (χ0v) is 15.8. The van der Waals surface area contributed by atoms with Crippen LogP contribution in [0.4, 0.5) is 0 Å². The van der Waals surface area contributed by atoms with E-state index in [1.807, 2.05) is 38.1 Å². The summed E-state index contributed by atoms with van der Waals surface area (Å²) >= 11 is 0. The van der Waals surface area contributed by atoms with E-state index in [1.54, 1.807) is 6.92 Å². The number of ether oxygens (including phenoxy) is 1. The molecule has 0 saturated carbocycles. The van der Waals surface area contributed by atoms with Gasteiger partial charge in [0.05, 0.1) is 0 Å². The maximum atomic E-state index is 11.9. The zero-order valence-electron chi connectivity index (χ0n) is 15.8. The van der Waals surface area contributed by atoms with Crippen LogP contribution in [0.15, 0.2) is 39.9 Å². The van der Waals surface area contributed by atoms with Gasteiger partial charge in [0.25, 0.3) is 5.91 Å². The van der Waals surface area contributed by atoms with Crippen molar-refractivity contribution in [2.45, 2.75) is 47.0 Å². The second-order valence-electron chi connectivity index (χ2n) is 7.16. The van der Waals surface area contributed by atoms with E-state index in [9.17, 15) is 4.79 Å². The number of aryl methyl sites for hydroxylation is 2. The average Bonchev–Trinajstić information content (AvgIpc) is 2.97. The average molecular weight is 342 g/mol. The molecule has 1 heterocycles. The highest BCUT2D eigenvalue weighted by atomic mass is 16.5. The van der Waals surface area contributed by atoms with E-state index in [0.29, 0.717) is 17.2 Å². The van der Waals surface area contributed by atoms with E-state index in [-0.39, 0.29) is 17.9 Å². The third-order valence-corrected chi connectivity index (χ3v) is 3.84. The van der Waals surface area contributed by atoms with E-state index < -0.39 is 0 Å². The second kappa shape index (κ2) is 7.55. The molecule has 0 aliphatic heterocycles. The second-order valence-corrected chi connectivity index (χ2v) is 7.16. The van der Waals surface area contributed by atoms with Gasteiger partial charge in [-0.25, -0.2) is 5.43 Å². The molecule has 1 N–H and O–H groups in total. The fourth-order valence-electron chi connectivity index (χ4n) is 2.28. The summed E-state index contributed by atoms with van der Waals surface area (Å²) in [6.45, 7) is 12.0. The van der Waals surface area contributed by atoms with Crippen molar-refractivity contribution in [2.24, 2.45) is 5.10 Å². The molecule has 5 nitrogen and oxygen atoms in total. The van der Waals surface area contributed by atoms with Gasteiger partial charge in [0, 0.05) is 0 Å². The van der Waals surface area contributed by atoms with E-state index in [2.05, 4.69) is 37.4 Å². The molecule has 5 heteroatoms. The summed E-state index contributed by atoms with van der Waals surface area (Å²) in [7, 11) is 0. The number of benzene rings is 1. The Balaban J connectivity index is 1.92. The first-order valence-electron chi connectivity index (χ1n) is 8.30. The summed E-state index contributed by atoms with van der Waals surface area (Å²) in [5.41, 5.74) is 5.40. The number of furan rings is 1. The Kier molecular flexibility index (Phi) is 5.67. The molecule has 0 spiro atoms. The van der Waals surface area contributed by atoms with Crippen LogP contribution >= 0.6 is 0 Å². The fourth-order valence-corrected chi connectivity index (χ4v) is 2.28. The Morgan fingerprint density at radius 1 is 1.20 bits per heavy atom. The van der Waals surface area contributed by atoms with Crippen molar-refractivity contribution in [3.63, 3.8) is 0 Å². The van der Waals surface area contributed by atoms with Gasteiger partial charge in [-0.2, -0.15) is 5.10 Å². The molecule has 25 heavy (non-hydrogen) atoms. The van der Waals surface area contributed by atoms with E-state index >= 15 is 0 Å². The summed E-state index contributed by atoms with van der Waals surface area (Å²) in [6.07, 6.45) is 0. The largest absolute Gasteiger partial charge is 0.483 e. The molecule has 0 aliphatic carbocycles. The van der Waals surface area contributed by atoms with Gasteiger partial charge in [-0.3, -0.25) is 4.79 Å². The Labute approximate surface area is 149 Å². The molecule has 0 unspecified atom stereocenters. The number of carbonyl (C=O) groups is 1. The van der Waals surface area contributed by atoms with E-state index in [0.717, 1.165) is 11.3 Å². The molecule has 1 aromatic heterocycles. The molecule has 2 aromatic rings. The fraction of sp³-hybridized carbons (Fsp3) is 0.400. The number of nitrogens with zero attached hydrogens (tertiary/aromatic N) is 1. The van der Waals surface area contributed by atoms with Crippen LogP contribution < -0.4 is 10.2 Å². The topological polar surface area (TPSA) is 63.8 Å². The first-order valence-corrected chi connectivity index (χ1v) is 8.30. The van der Waals surface area contributed by atoms with Crippen LogP contribution in [0.3, 0.4) is 0 Å². The van der Waals surface area contributed by atoms with Gasteiger partial charge in [0.15, 0.2) is 6.61 Å². The number of hydrazone groups is 1. The Hall–Kier alpha value is -2.56. The number of carbonyl (C=O) groups excluding carboxylic acids is 1. The first-order chi connectivity index (χ1) is 11.7. The molecule has 2 rings (SSSR count). The SMILES string of the molecule is CC(=NNC(=O)COc1ccc(C(C)(C)C)cc1C)c1ccc(C)o1. The molecule has 1 aromatic carbocycles. The Morgan fingerprint density at radius 2 is 1.92 bits per heavy atom. The summed E-state index contributed by atoms with van der Waals surface area (Å²) in [5, 5.41) is 4.03. The molecule has 0 bridgehead atoms. The minimum absolute atomic E-state index is 0.0805. The lowest BCUT2D eigenvalue weighted by atomic mass is 9.86. The van der Waals surface area contributed by atoms with Crippen molar-refractivity contribution in [2.75, 3.05) is 6.61 Å². The number of amides is 1. The van der Waals surface area contributed by atoms with Crippen molar-refractivity contribution in [3.8, 4) is 5.75 Å². The summed E-state index contributed by atoms with van der Waals surface area (Å²) in [6, 6.07) is 9.69. The lowest BCUT2D eigenvalue weighted by molar-refractivity contribution is -0.123. The lowest BCUT2D eigenvalue weighted by Gasteiger charge is -2.20. The summed E-state index contributed by atoms with van der Waals surface area (Å²) in [4.78, 5) is 11.9. The van der Waals surface area contributed by atoms with E-state index in [4.69, 9.17) is 9.15 Å². The monoisotopic (exact) mass is 342 g/mol. The van der Waals surface area contributed by atoms with Crippen molar-refractivity contribution >= 4 is 11.6 Å². The third kappa shape index (κ3) is 5.21. The standard InChI is InChI=1S/C20H26N2O3/c1-13-11-16(20(4,5)6)8-10-17(13)24-12-19(23)22-21-15(3)18-9-7-14(2)25-18/h7-11H,12H2,1-6H3,(H,22,23). The maximum Gasteiger partial charge on any atom is 0.277 e. The Bertz CT molecular complexity index is 782. The van der Waals surface area contributed by atoms with Gasteiger partial charge in [-0.15, -0.1) is 0 Å². The van der Waals surface area contributed by atoms with Crippen LogP contribution in [0.25, 0.3) is 0 Å². The predicted octanol–water partition coefficient (Wildman–Crippen LogP) is 4.11. The van der Waals surface area contributed by atoms with Crippen molar-refractivity contribution < 1.29 is 13.9 Å². The molecule has 0 radical (unpaired) electrons. The van der Waals surface area contributed by atoms with Gasteiger partial charge in [0.2, 0.25) is 0 Å². The highest BCUT2D eigenvalue weighted by molar-refractivity contribution is 5.96. The maximum absolute atomic E-state index is 11.9. The molecule has 134 valence electrons. The number of nitrogens with one attached hydrogen (secondary N) is 1. The van der Waals surface area contributed by atoms with Crippen LogP contribution in [0.2, 0.25) is 0 Å². The quantitative estimate of drug-likeness (QED) is 0.657. The predicted molar refractivity (Wildman–Crippen MR) is 99.2 cm³/mol. The summed E-state index contributed by atoms with van der Waals surface area (Å²) in [5.74, 6) is 1.81. The molecular formula is C20H26N2O3. The van der Waals surface area contributed by atoms with Crippen molar-refractivity contribution in [1.29, 1.82) is 0 Å². The van der Waals surface area contributed by atoms with Crippen LogP contribution in [-0.4, -0.2) is 18.2 Å². The van der Waals surface area contributed by atoms with Crippen molar-refractivity contribution in [3.05, 3.63) is 53.0 Å². The number of hydrogen-bond acceptors (Lipinski definition) is 4. The molecule has 1 amide bonds. The van der Waals surface area contributed by atoms with Gasteiger partial charge in [-0.05, 0) is 55.5 Å². The van der Waals surface area contributed by atoms with Gasteiger partial charge in [0.1, 0.15) is 23.0 Å². The Morgan fingerprint density at radius 3 is 2.48 bits per heavy atom. The van der Waals surface area contributed by atoms with Crippen LogP contribution in [-0.2, 0) is 10.2 Å². The molecular weight excluding hydrogens is 316 g/mol. The number of rotatable bonds is 5. The molecule has 0 aliphatic rings. The van der Waals surface area contributed by atoms with Crippen molar-refractivity contribution in [1.82, 2.24) is 5.43 Å². The van der Waals surface area contributed by atoms with Crippen LogP contribution in [0, 0.1) is 13.8 Å². The van der Waals surface area contributed by atoms with Gasteiger partial charge in [-0.1, -0.05) is 32.9 Å². The highest BCUT2D eigenvalue weighted by Crippen LogP contribution is 2.27. The van der Waals surface area contributed by atoms with Gasteiger partial charge >= 0.3 is 0 Å².